The number of allylic oxidation sites excluding steroid dienone is 2. The van der Waals surface area contributed by atoms with E-state index in [1.807, 2.05) is 18.4 Å². The highest BCUT2D eigenvalue weighted by atomic mass is 28.2. The Kier molecular flexibility index (Phi) is 2.08. The summed E-state index contributed by atoms with van der Waals surface area (Å²) < 4.78 is 2.17. The Labute approximate surface area is 58.0 Å². The van der Waals surface area contributed by atoms with E-state index in [0.29, 0.717) is 0 Å². The first-order valence-electron chi connectivity index (χ1n) is 3.00. The molecule has 9 heavy (non-hydrogen) atoms. The van der Waals surface area contributed by atoms with Crippen molar-refractivity contribution in [3.63, 3.8) is 0 Å². The van der Waals surface area contributed by atoms with Crippen LogP contribution in [0.5, 0.6) is 0 Å². The van der Waals surface area contributed by atoms with Gasteiger partial charge in [-0.3, -0.25) is 0 Å². The standard InChI is InChI=1S/C6H11NOSi/c8-5-6-2-1-3-7(9)4-6/h1-3,8H,4-5H2,9H3. The van der Waals surface area contributed by atoms with Gasteiger partial charge in [0.1, 0.15) is 10.4 Å². The summed E-state index contributed by atoms with van der Waals surface area (Å²) in [5.41, 5.74) is 1.10. The van der Waals surface area contributed by atoms with Crippen LogP contribution >= 0.6 is 0 Å². The Morgan fingerprint density at radius 1 is 1.78 bits per heavy atom. The lowest BCUT2D eigenvalue weighted by molar-refractivity contribution is 0.323. The second-order valence-electron chi connectivity index (χ2n) is 2.24. The third kappa shape index (κ3) is 1.69. The van der Waals surface area contributed by atoms with E-state index in [4.69, 9.17) is 5.11 Å². The summed E-state index contributed by atoms with van der Waals surface area (Å²) in [6, 6.07) is 0. The van der Waals surface area contributed by atoms with Gasteiger partial charge in [-0.1, -0.05) is 6.08 Å². The molecule has 2 nitrogen and oxygen atoms in total. The number of aliphatic hydroxyl groups excluding tert-OH is 1. The van der Waals surface area contributed by atoms with E-state index in [2.05, 4.69) is 4.57 Å². The molecule has 1 rings (SSSR count). The fraction of sp³-hybridized carbons (Fsp3) is 0.333. The van der Waals surface area contributed by atoms with E-state index in [1.165, 1.54) is 0 Å². The topological polar surface area (TPSA) is 23.5 Å². The first-order chi connectivity index (χ1) is 4.33. The second kappa shape index (κ2) is 2.84. The highest BCUT2D eigenvalue weighted by Gasteiger charge is 1.99. The Balaban J connectivity index is 2.55. The Morgan fingerprint density at radius 2 is 2.56 bits per heavy atom. The van der Waals surface area contributed by atoms with Crippen molar-refractivity contribution in [1.82, 2.24) is 4.57 Å². The molecule has 0 saturated heterocycles. The van der Waals surface area contributed by atoms with Crippen LogP contribution in [0.1, 0.15) is 0 Å². The number of hydrogen-bond acceptors (Lipinski definition) is 2. The van der Waals surface area contributed by atoms with Gasteiger partial charge in [0.2, 0.25) is 0 Å². The average molecular weight is 141 g/mol. The highest BCUT2D eigenvalue weighted by Crippen LogP contribution is 2.02. The molecule has 0 radical (unpaired) electrons. The third-order valence-electron chi connectivity index (χ3n) is 1.33. The Morgan fingerprint density at radius 3 is 3.00 bits per heavy atom. The van der Waals surface area contributed by atoms with Crippen LogP contribution in [0.15, 0.2) is 23.9 Å². The predicted molar refractivity (Wildman–Crippen MR) is 41.0 cm³/mol. The zero-order valence-corrected chi connectivity index (χ0v) is 7.54. The summed E-state index contributed by atoms with van der Waals surface area (Å²) >= 11 is 0. The molecular weight excluding hydrogens is 130 g/mol. The molecule has 0 aromatic heterocycles. The number of hydrogen-bond donors (Lipinski definition) is 1. The lowest BCUT2D eigenvalue weighted by Crippen LogP contribution is -2.19. The molecule has 50 valence electrons. The molecule has 0 bridgehead atoms. The molecule has 0 aliphatic carbocycles. The highest BCUT2D eigenvalue weighted by molar-refractivity contribution is 6.05. The first kappa shape index (κ1) is 6.58. The first-order valence-corrected chi connectivity index (χ1v) is 3.89. The van der Waals surface area contributed by atoms with Gasteiger partial charge in [0.25, 0.3) is 0 Å². The van der Waals surface area contributed by atoms with E-state index in [0.717, 1.165) is 22.5 Å². The van der Waals surface area contributed by atoms with Crippen molar-refractivity contribution >= 4 is 10.4 Å². The van der Waals surface area contributed by atoms with Crippen molar-refractivity contribution in [3.8, 4) is 0 Å². The molecule has 0 fully saturated rings. The zero-order chi connectivity index (χ0) is 6.69. The molecular formula is C6H11NOSi. The largest absolute Gasteiger partial charge is 0.408 e. The number of aliphatic hydroxyl groups is 1. The molecule has 0 aromatic carbocycles. The maximum Gasteiger partial charge on any atom is 0.107 e. The minimum Gasteiger partial charge on any atom is -0.408 e. The van der Waals surface area contributed by atoms with Crippen LogP contribution in [0.25, 0.3) is 0 Å². The van der Waals surface area contributed by atoms with E-state index in [9.17, 15) is 0 Å². The molecule has 0 aromatic rings. The molecule has 0 saturated carbocycles. The predicted octanol–water partition coefficient (Wildman–Crippen LogP) is -0.985. The molecule has 0 unspecified atom stereocenters. The smallest absolute Gasteiger partial charge is 0.107 e. The monoisotopic (exact) mass is 141 g/mol. The fourth-order valence-electron chi connectivity index (χ4n) is 0.854. The minimum absolute atomic E-state index is 0.197. The van der Waals surface area contributed by atoms with Crippen LogP contribution in [0.4, 0.5) is 0 Å². The fourth-order valence-corrected chi connectivity index (χ4v) is 1.43. The summed E-state index contributed by atoms with van der Waals surface area (Å²) in [6.07, 6.45) is 5.99. The van der Waals surface area contributed by atoms with Gasteiger partial charge in [-0.15, -0.1) is 0 Å². The second-order valence-corrected chi connectivity index (χ2v) is 3.39. The van der Waals surface area contributed by atoms with Gasteiger partial charge in [0.05, 0.1) is 6.61 Å². The molecule has 0 spiro atoms. The lowest BCUT2D eigenvalue weighted by atomic mass is 10.2. The normalized spacial score (nSPS) is 18.3. The van der Waals surface area contributed by atoms with Crippen molar-refractivity contribution < 1.29 is 5.11 Å². The summed E-state index contributed by atoms with van der Waals surface area (Å²) in [5, 5.41) is 8.70. The lowest BCUT2D eigenvalue weighted by Gasteiger charge is -2.18. The van der Waals surface area contributed by atoms with Gasteiger partial charge in [0.15, 0.2) is 0 Å². The summed E-state index contributed by atoms with van der Waals surface area (Å²) in [6.45, 7) is 1.11. The van der Waals surface area contributed by atoms with E-state index < -0.39 is 0 Å². The van der Waals surface area contributed by atoms with Gasteiger partial charge in [-0.25, -0.2) is 0 Å². The quantitative estimate of drug-likeness (QED) is 0.474. The van der Waals surface area contributed by atoms with Gasteiger partial charge in [0, 0.05) is 6.54 Å². The molecule has 1 aliphatic rings. The van der Waals surface area contributed by atoms with Crippen LogP contribution in [0, 0.1) is 0 Å². The van der Waals surface area contributed by atoms with Crippen LogP contribution in [0.3, 0.4) is 0 Å². The van der Waals surface area contributed by atoms with E-state index in [1.54, 1.807) is 0 Å². The van der Waals surface area contributed by atoms with Gasteiger partial charge in [-0.2, -0.15) is 0 Å². The number of nitrogens with zero attached hydrogens (tertiary/aromatic N) is 1. The van der Waals surface area contributed by atoms with Crippen molar-refractivity contribution in [2.45, 2.75) is 0 Å². The zero-order valence-electron chi connectivity index (χ0n) is 5.54. The van der Waals surface area contributed by atoms with Crippen LogP contribution < -0.4 is 0 Å². The molecule has 1 N–H and O–H groups in total. The van der Waals surface area contributed by atoms with Crippen LogP contribution in [-0.4, -0.2) is 33.2 Å². The summed E-state index contributed by atoms with van der Waals surface area (Å²) in [5.74, 6) is 0. The minimum atomic E-state index is 0.197. The van der Waals surface area contributed by atoms with E-state index >= 15 is 0 Å². The van der Waals surface area contributed by atoms with Crippen molar-refractivity contribution in [1.29, 1.82) is 0 Å². The molecule has 3 heteroatoms. The van der Waals surface area contributed by atoms with Crippen molar-refractivity contribution in [2.75, 3.05) is 13.2 Å². The van der Waals surface area contributed by atoms with E-state index in [-0.39, 0.29) is 6.61 Å². The average Bonchev–Trinajstić information content (AvgIpc) is 1.88. The van der Waals surface area contributed by atoms with Crippen LogP contribution in [-0.2, 0) is 0 Å². The molecule has 0 atom stereocenters. The van der Waals surface area contributed by atoms with Gasteiger partial charge < -0.3 is 9.67 Å². The Bertz CT molecular complexity index is 153. The Hall–Kier alpha value is -0.543. The number of rotatable bonds is 1. The maximum absolute atomic E-state index is 8.70. The van der Waals surface area contributed by atoms with Crippen molar-refractivity contribution in [3.05, 3.63) is 23.9 Å². The molecule has 0 amide bonds. The third-order valence-corrected chi connectivity index (χ3v) is 1.94. The van der Waals surface area contributed by atoms with Gasteiger partial charge >= 0.3 is 0 Å². The molecule has 1 aliphatic heterocycles. The SMILES string of the molecule is OCC1=CC=CN([SiH3])C1. The van der Waals surface area contributed by atoms with Gasteiger partial charge in [-0.05, 0) is 17.8 Å². The molecule has 1 heterocycles. The van der Waals surface area contributed by atoms with Crippen LogP contribution in [0.2, 0.25) is 0 Å². The summed E-state index contributed by atoms with van der Waals surface area (Å²) in [7, 11) is 1.04. The summed E-state index contributed by atoms with van der Waals surface area (Å²) in [4.78, 5) is 0. The maximum atomic E-state index is 8.70. The van der Waals surface area contributed by atoms with Crippen molar-refractivity contribution in [2.24, 2.45) is 0 Å².